The van der Waals surface area contributed by atoms with Crippen LogP contribution in [0.5, 0.6) is 0 Å². The second kappa shape index (κ2) is 9.30. The minimum absolute atomic E-state index is 0.0981. The molecule has 5 heteroatoms. The van der Waals surface area contributed by atoms with Gasteiger partial charge in [-0.05, 0) is 12.0 Å². The molecular weight excluding hydrogens is 292 g/mol. The van der Waals surface area contributed by atoms with Crippen molar-refractivity contribution in [1.82, 2.24) is 9.80 Å². The highest BCUT2D eigenvalue weighted by Crippen LogP contribution is 2.16. The van der Waals surface area contributed by atoms with E-state index in [-0.39, 0.29) is 12.1 Å². The third kappa shape index (κ3) is 5.36. The van der Waals surface area contributed by atoms with Crippen molar-refractivity contribution in [3.05, 3.63) is 35.9 Å². The molecule has 126 valence electrons. The van der Waals surface area contributed by atoms with Crippen LogP contribution in [-0.2, 0) is 16.1 Å². The van der Waals surface area contributed by atoms with Gasteiger partial charge in [0, 0.05) is 32.6 Å². The number of hydrogen-bond donors (Lipinski definition) is 0. The number of ether oxygens (including phenoxy) is 1. The van der Waals surface area contributed by atoms with E-state index in [4.69, 9.17) is 4.74 Å². The summed E-state index contributed by atoms with van der Waals surface area (Å²) in [6.07, 6.45) is 2.83. The van der Waals surface area contributed by atoms with Crippen molar-refractivity contribution in [2.75, 3.05) is 26.2 Å². The fraction of sp³-hybridized carbons (Fsp3) is 0.556. The summed E-state index contributed by atoms with van der Waals surface area (Å²) in [5.41, 5.74) is 1.25. The van der Waals surface area contributed by atoms with Gasteiger partial charge < -0.3 is 14.4 Å². The minimum atomic E-state index is -0.287. The van der Waals surface area contributed by atoms with Gasteiger partial charge in [0.1, 0.15) is 6.29 Å². The largest absolute Gasteiger partial charge is 0.449 e. The highest BCUT2D eigenvalue weighted by molar-refractivity contribution is 5.69. The first-order valence-electron chi connectivity index (χ1n) is 8.38. The monoisotopic (exact) mass is 318 g/mol. The zero-order chi connectivity index (χ0) is 16.5. The van der Waals surface area contributed by atoms with Gasteiger partial charge >= 0.3 is 6.09 Å². The maximum absolute atomic E-state index is 12.2. The molecule has 0 aromatic heterocycles. The number of nitrogens with zero attached hydrogens (tertiary/aromatic N) is 2. The quantitative estimate of drug-likeness (QED) is 0.573. The van der Waals surface area contributed by atoms with E-state index in [0.29, 0.717) is 26.1 Å². The topological polar surface area (TPSA) is 49.9 Å². The van der Waals surface area contributed by atoms with Crippen LogP contribution in [0.1, 0.15) is 31.7 Å². The Morgan fingerprint density at radius 1 is 1.30 bits per heavy atom. The Morgan fingerprint density at radius 2 is 2.09 bits per heavy atom. The van der Waals surface area contributed by atoms with Crippen LogP contribution in [0.15, 0.2) is 30.3 Å². The lowest BCUT2D eigenvalue weighted by molar-refractivity contribution is -0.109. The number of carbonyl (C=O) groups excluding carboxylic acids is 2. The summed E-state index contributed by atoms with van der Waals surface area (Å²) in [5, 5.41) is 0. The molecule has 0 spiro atoms. The summed E-state index contributed by atoms with van der Waals surface area (Å²) in [6.45, 7) is 5.47. The van der Waals surface area contributed by atoms with E-state index in [0.717, 1.165) is 32.2 Å². The fourth-order valence-electron chi connectivity index (χ4n) is 2.84. The lowest BCUT2D eigenvalue weighted by atomic mass is 10.1. The minimum Gasteiger partial charge on any atom is -0.449 e. The molecule has 5 nitrogen and oxygen atoms in total. The first-order valence-corrected chi connectivity index (χ1v) is 8.38. The van der Waals surface area contributed by atoms with Gasteiger partial charge in [0.25, 0.3) is 0 Å². The molecule has 1 atom stereocenters. The lowest BCUT2D eigenvalue weighted by Crippen LogP contribution is -2.55. The number of hydrogen-bond acceptors (Lipinski definition) is 4. The number of amides is 1. The normalized spacial score (nSPS) is 18.7. The lowest BCUT2D eigenvalue weighted by Gasteiger charge is -2.40. The van der Waals surface area contributed by atoms with E-state index < -0.39 is 0 Å². The van der Waals surface area contributed by atoms with Crippen LogP contribution in [0.25, 0.3) is 0 Å². The summed E-state index contributed by atoms with van der Waals surface area (Å²) in [7, 11) is 0. The van der Waals surface area contributed by atoms with Crippen molar-refractivity contribution in [2.45, 2.75) is 38.8 Å². The second-order valence-corrected chi connectivity index (χ2v) is 5.94. The predicted octanol–water partition coefficient (Wildman–Crippen LogP) is 2.70. The highest BCUT2D eigenvalue weighted by atomic mass is 16.6. The Hall–Kier alpha value is -1.88. The Kier molecular flexibility index (Phi) is 7.07. The fourth-order valence-corrected chi connectivity index (χ4v) is 2.84. The summed E-state index contributed by atoms with van der Waals surface area (Å²) < 4.78 is 5.30. The third-order valence-corrected chi connectivity index (χ3v) is 4.14. The Labute approximate surface area is 138 Å². The number of benzene rings is 1. The molecule has 1 unspecified atom stereocenters. The molecule has 1 aliphatic heterocycles. The van der Waals surface area contributed by atoms with Gasteiger partial charge in [-0.25, -0.2) is 4.79 Å². The van der Waals surface area contributed by atoms with Gasteiger partial charge in [0.15, 0.2) is 0 Å². The van der Waals surface area contributed by atoms with Crippen LogP contribution in [0.2, 0.25) is 0 Å². The molecule has 1 fully saturated rings. The molecule has 1 aromatic carbocycles. The zero-order valence-corrected chi connectivity index (χ0v) is 13.8. The highest BCUT2D eigenvalue weighted by Gasteiger charge is 2.31. The summed E-state index contributed by atoms with van der Waals surface area (Å²) in [6, 6.07) is 10.2. The average molecular weight is 318 g/mol. The Bertz CT molecular complexity index is 492. The SMILES string of the molecule is CCCCOC(=O)N1CCN(Cc2ccccc2)CC1CC=O. The predicted molar refractivity (Wildman–Crippen MR) is 89.2 cm³/mol. The van der Waals surface area contributed by atoms with Crippen molar-refractivity contribution >= 4 is 12.4 Å². The number of rotatable bonds is 7. The van der Waals surface area contributed by atoms with Gasteiger partial charge in [0.05, 0.1) is 12.6 Å². The molecule has 1 aliphatic rings. The van der Waals surface area contributed by atoms with Gasteiger partial charge in [-0.3, -0.25) is 4.90 Å². The summed E-state index contributed by atoms with van der Waals surface area (Å²) in [5.74, 6) is 0. The van der Waals surface area contributed by atoms with Crippen LogP contribution in [0.3, 0.4) is 0 Å². The van der Waals surface area contributed by atoms with Gasteiger partial charge in [-0.15, -0.1) is 0 Å². The molecule has 0 aliphatic carbocycles. The van der Waals surface area contributed by atoms with Gasteiger partial charge in [0.2, 0.25) is 0 Å². The molecule has 2 rings (SSSR count). The van der Waals surface area contributed by atoms with E-state index >= 15 is 0 Å². The van der Waals surface area contributed by atoms with E-state index in [2.05, 4.69) is 24.0 Å². The Morgan fingerprint density at radius 3 is 2.78 bits per heavy atom. The standard InChI is InChI=1S/C18H26N2O3/c1-2-3-13-23-18(22)20-11-10-19(15-17(20)9-12-21)14-16-7-5-4-6-8-16/h4-8,12,17H,2-3,9-11,13-15H2,1H3. The van der Waals surface area contributed by atoms with E-state index in [1.54, 1.807) is 4.90 Å². The summed E-state index contributed by atoms with van der Waals surface area (Å²) in [4.78, 5) is 27.2. The maximum atomic E-state index is 12.2. The molecule has 0 bridgehead atoms. The summed E-state index contributed by atoms with van der Waals surface area (Å²) >= 11 is 0. The smallest absolute Gasteiger partial charge is 0.410 e. The molecule has 1 saturated heterocycles. The van der Waals surface area contributed by atoms with E-state index in [1.807, 2.05) is 18.2 Å². The average Bonchev–Trinajstić information content (AvgIpc) is 2.56. The molecule has 0 N–H and O–H groups in total. The van der Waals surface area contributed by atoms with Crippen LogP contribution in [-0.4, -0.2) is 54.5 Å². The maximum Gasteiger partial charge on any atom is 0.410 e. The molecule has 0 saturated carbocycles. The molecule has 1 heterocycles. The zero-order valence-electron chi connectivity index (χ0n) is 13.8. The van der Waals surface area contributed by atoms with E-state index in [9.17, 15) is 9.59 Å². The molecular formula is C18H26N2O3. The Balaban J connectivity index is 1.91. The van der Waals surface area contributed by atoms with Crippen LogP contribution in [0.4, 0.5) is 4.79 Å². The van der Waals surface area contributed by atoms with Crippen LogP contribution < -0.4 is 0 Å². The number of carbonyl (C=O) groups is 2. The first kappa shape index (κ1) is 17.5. The molecule has 1 amide bonds. The third-order valence-electron chi connectivity index (χ3n) is 4.14. The number of aldehydes is 1. The van der Waals surface area contributed by atoms with Crippen LogP contribution in [0, 0.1) is 0 Å². The van der Waals surface area contributed by atoms with Gasteiger partial charge in [-0.2, -0.15) is 0 Å². The van der Waals surface area contributed by atoms with Crippen molar-refractivity contribution in [3.8, 4) is 0 Å². The number of piperazine rings is 1. The molecule has 23 heavy (non-hydrogen) atoms. The number of unbranched alkanes of at least 4 members (excludes halogenated alkanes) is 1. The van der Waals surface area contributed by atoms with Crippen molar-refractivity contribution in [1.29, 1.82) is 0 Å². The first-order chi connectivity index (χ1) is 11.2. The van der Waals surface area contributed by atoms with Crippen molar-refractivity contribution in [2.24, 2.45) is 0 Å². The van der Waals surface area contributed by atoms with Crippen LogP contribution >= 0.6 is 0 Å². The van der Waals surface area contributed by atoms with Crippen molar-refractivity contribution < 1.29 is 14.3 Å². The van der Waals surface area contributed by atoms with E-state index in [1.165, 1.54) is 5.56 Å². The van der Waals surface area contributed by atoms with Gasteiger partial charge in [-0.1, -0.05) is 43.7 Å². The molecule has 1 aromatic rings. The molecule has 0 radical (unpaired) electrons. The van der Waals surface area contributed by atoms with Crippen molar-refractivity contribution in [3.63, 3.8) is 0 Å². The second-order valence-electron chi connectivity index (χ2n) is 5.94.